The maximum absolute atomic E-state index is 13.0. The van der Waals surface area contributed by atoms with Gasteiger partial charge in [0.1, 0.15) is 19.0 Å². The Morgan fingerprint density at radius 1 is 1.19 bits per heavy atom. The third-order valence-corrected chi connectivity index (χ3v) is 4.40. The molecule has 1 aliphatic rings. The van der Waals surface area contributed by atoms with Crippen molar-refractivity contribution in [2.24, 2.45) is 0 Å². The highest BCUT2D eigenvalue weighted by Crippen LogP contribution is 2.30. The maximum atomic E-state index is 13.0. The van der Waals surface area contributed by atoms with Crippen LogP contribution in [0.5, 0.6) is 5.75 Å². The number of methoxy groups -OCH3 is 1. The Hall–Kier alpha value is -2.86. The number of Topliss-reactive ketones (excluding diaryl/α,β-unsaturated/α-hetero) is 1. The molecule has 1 heterocycles. The van der Waals surface area contributed by atoms with Crippen molar-refractivity contribution in [2.75, 3.05) is 13.7 Å². The summed E-state index contributed by atoms with van der Waals surface area (Å²) in [6.45, 7) is 1.95. The average Bonchev–Trinajstić information content (AvgIpc) is 3.06. The Labute approximate surface area is 152 Å². The van der Waals surface area contributed by atoms with E-state index in [-0.39, 0.29) is 19.0 Å². The van der Waals surface area contributed by atoms with Crippen LogP contribution < -0.4 is 4.74 Å². The molecule has 0 saturated carbocycles. The van der Waals surface area contributed by atoms with E-state index in [2.05, 4.69) is 0 Å². The highest BCUT2D eigenvalue weighted by molar-refractivity contribution is 5.94. The Bertz CT molecular complexity index is 777. The number of ketones is 1. The van der Waals surface area contributed by atoms with Gasteiger partial charge < -0.3 is 9.47 Å². The lowest BCUT2D eigenvalue weighted by Crippen LogP contribution is -2.41. The van der Waals surface area contributed by atoms with Crippen LogP contribution in [0.4, 0.5) is 4.79 Å². The van der Waals surface area contributed by atoms with Crippen molar-refractivity contribution in [1.29, 1.82) is 0 Å². The van der Waals surface area contributed by atoms with E-state index >= 15 is 0 Å². The molecule has 0 radical (unpaired) electrons. The predicted molar refractivity (Wildman–Crippen MR) is 94.6 cm³/mol. The van der Waals surface area contributed by atoms with Gasteiger partial charge in [-0.25, -0.2) is 4.79 Å². The summed E-state index contributed by atoms with van der Waals surface area (Å²) in [5, 5.41) is 1.04. The summed E-state index contributed by atoms with van der Waals surface area (Å²) < 4.78 is 10.4. The number of para-hydroxylation sites is 1. The SMILES string of the molecule is COc1ccccc1C(C)C(=O)C1COC(=O)N1OCc1ccccc1. The van der Waals surface area contributed by atoms with Crippen molar-refractivity contribution < 1.29 is 23.9 Å². The number of cyclic esters (lactones) is 1. The first-order chi connectivity index (χ1) is 12.6. The van der Waals surface area contributed by atoms with Crippen molar-refractivity contribution in [3.8, 4) is 5.75 Å². The smallest absolute Gasteiger partial charge is 0.434 e. The van der Waals surface area contributed by atoms with Crippen molar-refractivity contribution in [1.82, 2.24) is 5.06 Å². The minimum absolute atomic E-state index is 0.0219. The van der Waals surface area contributed by atoms with Gasteiger partial charge in [0.2, 0.25) is 0 Å². The fourth-order valence-electron chi connectivity index (χ4n) is 2.93. The second-order valence-electron chi connectivity index (χ2n) is 6.04. The maximum Gasteiger partial charge on any atom is 0.434 e. The summed E-state index contributed by atoms with van der Waals surface area (Å²) >= 11 is 0. The first-order valence-corrected chi connectivity index (χ1v) is 8.41. The zero-order valence-corrected chi connectivity index (χ0v) is 14.8. The summed E-state index contributed by atoms with van der Waals surface area (Å²) in [5.74, 6) is 0.0113. The molecule has 2 unspecified atom stereocenters. The van der Waals surface area contributed by atoms with Crippen LogP contribution in [0, 0.1) is 0 Å². The van der Waals surface area contributed by atoms with E-state index in [4.69, 9.17) is 14.3 Å². The number of ether oxygens (including phenoxy) is 2. The lowest BCUT2D eigenvalue weighted by atomic mass is 9.92. The Morgan fingerprint density at radius 2 is 1.88 bits per heavy atom. The Morgan fingerprint density at radius 3 is 2.62 bits per heavy atom. The van der Waals surface area contributed by atoms with Gasteiger partial charge in [0.05, 0.1) is 7.11 Å². The quantitative estimate of drug-likeness (QED) is 0.762. The van der Waals surface area contributed by atoms with Gasteiger partial charge in [-0.15, -0.1) is 0 Å². The molecule has 2 aromatic carbocycles. The normalized spacial score (nSPS) is 17.7. The Balaban J connectivity index is 1.73. The van der Waals surface area contributed by atoms with Gasteiger partial charge in [-0.05, 0) is 11.6 Å². The molecular formula is C20H21NO5. The van der Waals surface area contributed by atoms with E-state index in [0.717, 1.165) is 16.2 Å². The number of benzene rings is 2. The third-order valence-electron chi connectivity index (χ3n) is 4.40. The van der Waals surface area contributed by atoms with Crippen molar-refractivity contribution >= 4 is 11.9 Å². The standard InChI is InChI=1S/C20H21NO5/c1-14(16-10-6-7-11-18(16)24-2)19(22)17-13-25-20(23)21(17)26-12-15-8-4-3-5-9-15/h3-11,14,17H,12-13H2,1-2H3. The fraction of sp³-hybridized carbons (Fsp3) is 0.300. The fourth-order valence-corrected chi connectivity index (χ4v) is 2.93. The molecule has 6 nitrogen and oxygen atoms in total. The molecule has 0 aliphatic carbocycles. The van der Waals surface area contributed by atoms with Crippen molar-refractivity contribution in [3.05, 3.63) is 65.7 Å². The van der Waals surface area contributed by atoms with Crippen LogP contribution >= 0.6 is 0 Å². The molecule has 136 valence electrons. The number of hydrogen-bond acceptors (Lipinski definition) is 5. The van der Waals surface area contributed by atoms with E-state index in [9.17, 15) is 9.59 Å². The highest BCUT2D eigenvalue weighted by atomic mass is 16.7. The molecule has 1 saturated heterocycles. The second-order valence-corrected chi connectivity index (χ2v) is 6.04. The second kappa shape index (κ2) is 8.01. The number of hydrogen-bond donors (Lipinski definition) is 0. The van der Waals surface area contributed by atoms with E-state index in [1.165, 1.54) is 0 Å². The summed E-state index contributed by atoms with van der Waals surface area (Å²) in [5.41, 5.74) is 1.67. The van der Waals surface area contributed by atoms with E-state index < -0.39 is 18.1 Å². The first kappa shape index (κ1) is 17.9. The molecule has 6 heteroatoms. The molecule has 1 amide bonds. The topological polar surface area (TPSA) is 65.1 Å². The number of carbonyl (C=O) groups excluding carboxylic acids is 2. The molecule has 0 spiro atoms. The van der Waals surface area contributed by atoms with Crippen LogP contribution in [0.2, 0.25) is 0 Å². The third kappa shape index (κ3) is 3.70. The molecule has 0 bridgehead atoms. The molecule has 2 atom stereocenters. The van der Waals surface area contributed by atoms with Crippen LogP contribution in [-0.2, 0) is 21.0 Å². The zero-order valence-electron chi connectivity index (χ0n) is 14.8. The van der Waals surface area contributed by atoms with Gasteiger partial charge in [-0.3, -0.25) is 9.63 Å². The highest BCUT2D eigenvalue weighted by Gasteiger charge is 2.41. The molecular weight excluding hydrogens is 334 g/mol. The molecule has 2 aromatic rings. The number of amides is 1. The largest absolute Gasteiger partial charge is 0.496 e. The van der Waals surface area contributed by atoms with Gasteiger partial charge in [0, 0.05) is 11.5 Å². The Kier molecular flexibility index (Phi) is 5.53. The van der Waals surface area contributed by atoms with Crippen LogP contribution in [0.1, 0.15) is 24.0 Å². The predicted octanol–water partition coefficient (Wildman–Crippen LogP) is 3.32. The van der Waals surface area contributed by atoms with E-state index in [1.807, 2.05) is 48.5 Å². The molecule has 0 aromatic heterocycles. The molecule has 0 N–H and O–H groups in total. The van der Waals surface area contributed by atoms with Gasteiger partial charge in [-0.1, -0.05) is 55.5 Å². The minimum atomic E-state index is -0.786. The van der Waals surface area contributed by atoms with Crippen molar-refractivity contribution in [2.45, 2.75) is 25.5 Å². The lowest BCUT2D eigenvalue weighted by Gasteiger charge is -2.23. The number of carbonyl (C=O) groups is 2. The van der Waals surface area contributed by atoms with Crippen molar-refractivity contribution in [3.63, 3.8) is 0 Å². The minimum Gasteiger partial charge on any atom is -0.496 e. The summed E-state index contributed by atoms with van der Waals surface area (Å²) in [4.78, 5) is 30.6. The average molecular weight is 355 g/mol. The molecule has 26 heavy (non-hydrogen) atoms. The molecule has 1 aliphatic heterocycles. The summed E-state index contributed by atoms with van der Waals surface area (Å²) in [7, 11) is 1.56. The first-order valence-electron chi connectivity index (χ1n) is 8.41. The van der Waals surface area contributed by atoms with Crippen LogP contribution in [0.3, 0.4) is 0 Å². The van der Waals surface area contributed by atoms with E-state index in [1.54, 1.807) is 20.1 Å². The van der Waals surface area contributed by atoms with Crippen LogP contribution in [0.15, 0.2) is 54.6 Å². The number of rotatable bonds is 7. The summed E-state index contributed by atoms with van der Waals surface area (Å²) in [6.07, 6.45) is -0.647. The molecule has 1 fully saturated rings. The van der Waals surface area contributed by atoms with E-state index in [0.29, 0.717) is 5.75 Å². The molecule has 3 rings (SSSR count). The van der Waals surface area contributed by atoms with Gasteiger partial charge >= 0.3 is 6.09 Å². The number of nitrogens with zero attached hydrogens (tertiary/aromatic N) is 1. The van der Waals surface area contributed by atoms with Gasteiger partial charge in [-0.2, -0.15) is 5.06 Å². The van der Waals surface area contributed by atoms with Crippen LogP contribution in [-0.4, -0.2) is 36.7 Å². The monoisotopic (exact) mass is 355 g/mol. The van der Waals surface area contributed by atoms with Gasteiger partial charge in [0.25, 0.3) is 0 Å². The van der Waals surface area contributed by atoms with Crippen LogP contribution in [0.25, 0.3) is 0 Å². The number of hydroxylamine groups is 2. The lowest BCUT2D eigenvalue weighted by molar-refractivity contribution is -0.157. The van der Waals surface area contributed by atoms with Gasteiger partial charge in [0.15, 0.2) is 11.8 Å². The zero-order chi connectivity index (χ0) is 18.5. The summed E-state index contributed by atoms with van der Waals surface area (Å²) in [6, 6.07) is 16.0.